The molecule has 116 valence electrons. The SMILES string of the molecule is C=CCOc1ccc(CNCc2ccc(F)c(CO)c2)cc1. The smallest absolute Gasteiger partial charge is 0.128 e. The first kappa shape index (κ1) is 16.2. The lowest BCUT2D eigenvalue weighted by atomic mass is 10.1. The summed E-state index contributed by atoms with van der Waals surface area (Å²) in [4.78, 5) is 0. The molecule has 0 radical (unpaired) electrons. The topological polar surface area (TPSA) is 41.5 Å². The monoisotopic (exact) mass is 301 g/mol. The van der Waals surface area contributed by atoms with E-state index in [4.69, 9.17) is 9.84 Å². The molecule has 2 rings (SSSR count). The van der Waals surface area contributed by atoms with Crippen molar-refractivity contribution < 1.29 is 14.2 Å². The molecule has 0 fully saturated rings. The molecule has 0 heterocycles. The molecule has 2 aromatic rings. The fourth-order valence-electron chi connectivity index (χ4n) is 2.07. The van der Waals surface area contributed by atoms with Gasteiger partial charge in [-0.3, -0.25) is 0 Å². The minimum Gasteiger partial charge on any atom is -0.490 e. The summed E-state index contributed by atoms with van der Waals surface area (Å²) in [7, 11) is 0. The van der Waals surface area contributed by atoms with Gasteiger partial charge in [0.1, 0.15) is 18.2 Å². The van der Waals surface area contributed by atoms with Gasteiger partial charge in [0.25, 0.3) is 0 Å². The van der Waals surface area contributed by atoms with Gasteiger partial charge in [-0.15, -0.1) is 0 Å². The van der Waals surface area contributed by atoms with E-state index in [9.17, 15) is 4.39 Å². The van der Waals surface area contributed by atoms with Crippen molar-refractivity contribution in [3.05, 3.63) is 77.6 Å². The average Bonchev–Trinajstić information content (AvgIpc) is 2.55. The van der Waals surface area contributed by atoms with Crippen LogP contribution in [-0.2, 0) is 19.7 Å². The zero-order valence-corrected chi connectivity index (χ0v) is 12.4. The van der Waals surface area contributed by atoms with Gasteiger partial charge in [-0.25, -0.2) is 4.39 Å². The number of hydrogen-bond donors (Lipinski definition) is 2. The molecule has 2 aromatic carbocycles. The third-order valence-corrected chi connectivity index (χ3v) is 3.23. The molecule has 0 aliphatic carbocycles. The summed E-state index contributed by atoms with van der Waals surface area (Å²) in [6.07, 6.45) is 1.71. The van der Waals surface area contributed by atoms with Crippen molar-refractivity contribution in [2.45, 2.75) is 19.7 Å². The van der Waals surface area contributed by atoms with E-state index in [1.165, 1.54) is 6.07 Å². The minimum absolute atomic E-state index is 0.286. The van der Waals surface area contributed by atoms with Crippen molar-refractivity contribution in [1.82, 2.24) is 5.32 Å². The molecule has 0 saturated carbocycles. The predicted octanol–water partition coefficient (Wildman–Crippen LogP) is 3.17. The Morgan fingerprint density at radius 1 is 1.09 bits per heavy atom. The molecule has 0 aromatic heterocycles. The average molecular weight is 301 g/mol. The molecule has 0 amide bonds. The van der Waals surface area contributed by atoms with E-state index in [1.54, 1.807) is 18.2 Å². The van der Waals surface area contributed by atoms with Crippen molar-refractivity contribution in [1.29, 1.82) is 0 Å². The normalized spacial score (nSPS) is 10.5. The maximum Gasteiger partial charge on any atom is 0.128 e. The Balaban J connectivity index is 1.84. The maximum atomic E-state index is 13.3. The van der Waals surface area contributed by atoms with E-state index in [0.717, 1.165) is 16.9 Å². The number of nitrogens with one attached hydrogen (secondary N) is 1. The Kier molecular flexibility index (Phi) is 6.13. The molecule has 0 aliphatic heterocycles. The fraction of sp³-hybridized carbons (Fsp3) is 0.222. The summed E-state index contributed by atoms with van der Waals surface area (Å²) in [6, 6.07) is 12.6. The molecule has 0 atom stereocenters. The van der Waals surface area contributed by atoms with Crippen LogP contribution in [0.4, 0.5) is 4.39 Å². The lowest BCUT2D eigenvalue weighted by Crippen LogP contribution is -2.13. The van der Waals surface area contributed by atoms with Crippen molar-refractivity contribution in [2.24, 2.45) is 0 Å². The quantitative estimate of drug-likeness (QED) is 0.736. The van der Waals surface area contributed by atoms with Crippen molar-refractivity contribution in [3.8, 4) is 5.75 Å². The molecule has 0 aliphatic rings. The molecule has 0 saturated heterocycles. The van der Waals surface area contributed by atoms with Crippen molar-refractivity contribution in [2.75, 3.05) is 6.61 Å². The van der Waals surface area contributed by atoms with E-state index < -0.39 is 0 Å². The first-order chi connectivity index (χ1) is 10.7. The molecular weight excluding hydrogens is 281 g/mol. The second-order valence-electron chi connectivity index (χ2n) is 4.93. The third-order valence-electron chi connectivity index (χ3n) is 3.23. The van der Waals surface area contributed by atoms with Crippen LogP contribution in [0.3, 0.4) is 0 Å². The first-order valence-corrected chi connectivity index (χ1v) is 7.14. The highest BCUT2D eigenvalue weighted by Gasteiger charge is 2.02. The lowest BCUT2D eigenvalue weighted by Gasteiger charge is -2.08. The summed E-state index contributed by atoms with van der Waals surface area (Å²) >= 11 is 0. The van der Waals surface area contributed by atoms with E-state index in [2.05, 4.69) is 11.9 Å². The molecule has 4 heteroatoms. The molecule has 0 spiro atoms. The second kappa shape index (κ2) is 8.32. The predicted molar refractivity (Wildman–Crippen MR) is 85.0 cm³/mol. The van der Waals surface area contributed by atoms with Crippen LogP contribution in [0.5, 0.6) is 5.75 Å². The lowest BCUT2D eigenvalue weighted by molar-refractivity contribution is 0.275. The van der Waals surface area contributed by atoms with Crippen LogP contribution in [0, 0.1) is 5.82 Å². The summed E-state index contributed by atoms with van der Waals surface area (Å²) in [5.74, 6) is 0.441. The summed E-state index contributed by atoms with van der Waals surface area (Å²) in [5, 5.41) is 12.3. The molecule has 3 nitrogen and oxygen atoms in total. The number of halogens is 1. The van der Waals surface area contributed by atoms with Gasteiger partial charge in [0.15, 0.2) is 0 Å². The van der Waals surface area contributed by atoms with Gasteiger partial charge in [-0.2, -0.15) is 0 Å². The van der Waals surface area contributed by atoms with Crippen LogP contribution >= 0.6 is 0 Å². The number of aliphatic hydroxyl groups excluding tert-OH is 1. The molecule has 0 unspecified atom stereocenters. The molecular formula is C18H20FNO2. The highest BCUT2D eigenvalue weighted by atomic mass is 19.1. The summed E-state index contributed by atoms with van der Waals surface area (Å²) in [6.45, 7) is 5.13. The van der Waals surface area contributed by atoms with Crippen LogP contribution < -0.4 is 10.1 Å². The Morgan fingerprint density at radius 3 is 2.45 bits per heavy atom. The Bertz CT molecular complexity index is 611. The number of ether oxygens (including phenoxy) is 1. The molecule has 22 heavy (non-hydrogen) atoms. The maximum absolute atomic E-state index is 13.3. The van der Waals surface area contributed by atoms with E-state index in [-0.39, 0.29) is 12.4 Å². The van der Waals surface area contributed by atoms with Crippen molar-refractivity contribution in [3.63, 3.8) is 0 Å². The van der Waals surface area contributed by atoms with Gasteiger partial charge in [0, 0.05) is 18.7 Å². The van der Waals surface area contributed by atoms with Gasteiger partial charge >= 0.3 is 0 Å². The van der Waals surface area contributed by atoms with Crippen LogP contribution in [0.25, 0.3) is 0 Å². The van der Waals surface area contributed by atoms with Gasteiger partial charge in [0.2, 0.25) is 0 Å². The zero-order valence-electron chi connectivity index (χ0n) is 12.4. The summed E-state index contributed by atoms with van der Waals surface area (Å²) < 4.78 is 18.7. The highest BCUT2D eigenvalue weighted by Crippen LogP contribution is 2.13. The zero-order chi connectivity index (χ0) is 15.8. The van der Waals surface area contributed by atoms with Gasteiger partial charge in [-0.05, 0) is 35.4 Å². The fourth-order valence-corrected chi connectivity index (χ4v) is 2.07. The number of hydrogen-bond acceptors (Lipinski definition) is 3. The standard InChI is InChI=1S/C18H20FNO2/c1-2-9-22-17-6-3-14(4-7-17)11-20-12-15-5-8-18(19)16(10-15)13-21/h2-8,10,20-21H,1,9,11-13H2. The minimum atomic E-state index is -0.374. The largest absolute Gasteiger partial charge is 0.490 e. The Hall–Kier alpha value is -2.17. The van der Waals surface area contributed by atoms with Crippen LogP contribution in [0.15, 0.2) is 55.1 Å². The molecule has 2 N–H and O–H groups in total. The summed E-state index contributed by atoms with van der Waals surface area (Å²) in [5.41, 5.74) is 2.40. The number of aliphatic hydroxyl groups is 1. The van der Waals surface area contributed by atoms with Crippen LogP contribution in [0.1, 0.15) is 16.7 Å². The Labute approximate surface area is 130 Å². The van der Waals surface area contributed by atoms with E-state index >= 15 is 0 Å². The highest BCUT2D eigenvalue weighted by molar-refractivity contribution is 5.28. The van der Waals surface area contributed by atoms with Crippen molar-refractivity contribution >= 4 is 0 Å². The van der Waals surface area contributed by atoms with Gasteiger partial charge < -0.3 is 15.2 Å². The first-order valence-electron chi connectivity index (χ1n) is 7.14. The Morgan fingerprint density at radius 2 is 1.77 bits per heavy atom. The number of benzene rings is 2. The van der Waals surface area contributed by atoms with Gasteiger partial charge in [0.05, 0.1) is 6.61 Å². The second-order valence-corrected chi connectivity index (χ2v) is 4.93. The van der Waals surface area contributed by atoms with E-state index in [1.807, 2.05) is 24.3 Å². The third kappa shape index (κ3) is 4.69. The van der Waals surface area contributed by atoms with Crippen LogP contribution in [0.2, 0.25) is 0 Å². The van der Waals surface area contributed by atoms with Crippen LogP contribution in [-0.4, -0.2) is 11.7 Å². The van der Waals surface area contributed by atoms with Gasteiger partial charge in [-0.1, -0.05) is 30.9 Å². The molecule has 0 bridgehead atoms. The van der Waals surface area contributed by atoms with E-state index in [0.29, 0.717) is 25.3 Å². The number of rotatable bonds is 8.